The number of carbonyl (C=O) groups is 1. The van der Waals surface area contributed by atoms with Crippen molar-refractivity contribution in [3.63, 3.8) is 0 Å². The van der Waals surface area contributed by atoms with Crippen molar-refractivity contribution in [1.82, 2.24) is 0 Å². The minimum atomic E-state index is -1.10. The third-order valence-electron chi connectivity index (χ3n) is 3.18. The van der Waals surface area contributed by atoms with Crippen molar-refractivity contribution in [1.29, 1.82) is 5.26 Å². The quantitative estimate of drug-likeness (QED) is 0.905. The first-order valence-electron chi connectivity index (χ1n) is 6.06. The molecule has 1 rings (SSSR count). The molecule has 108 valence electrons. The number of ether oxygens (including phenoxy) is 2. The molecule has 0 saturated heterocycles. The van der Waals surface area contributed by atoms with Gasteiger partial charge in [-0.05, 0) is 19.4 Å². The maximum absolute atomic E-state index is 12.2. The van der Waals surface area contributed by atoms with Crippen LogP contribution < -0.4 is 14.8 Å². The van der Waals surface area contributed by atoms with Crippen LogP contribution in [0, 0.1) is 16.7 Å². The summed E-state index contributed by atoms with van der Waals surface area (Å²) in [6, 6.07) is 5.12. The number of nitrogens with zero attached hydrogens (tertiary/aromatic N) is 1. The summed E-state index contributed by atoms with van der Waals surface area (Å²) in [5, 5.41) is 12.1. The number of rotatable bonds is 5. The van der Waals surface area contributed by atoms with Crippen LogP contribution in [0.4, 0.5) is 5.69 Å². The average molecular weight is 297 g/mol. The molecule has 6 heteroatoms. The van der Waals surface area contributed by atoms with Crippen molar-refractivity contribution in [2.45, 2.75) is 20.3 Å². The van der Waals surface area contributed by atoms with Gasteiger partial charge in [0, 0.05) is 6.07 Å². The number of amides is 1. The van der Waals surface area contributed by atoms with Crippen LogP contribution in [0.5, 0.6) is 11.5 Å². The van der Waals surface area contributed by atoms with Gasteiger partial charge in [-0.25, -0.2) is 0 Å². The summed E-state index contributed by atoms with van der Waals surface area (Å²) in [5.74, 6) is 0.457. The summed E-state index contributed by atoms with van der Waals surface area (Å²) in [6.07, 6.45) is 0.404. The predicted molar refractivity (Wildman–Crippen MR) is 77.2 cm³/mol. The molecule has 1 aromatic carbocycles. The number of nitrogens with one attached hydrogen (secondary N) is 1. The zero-order valence-electron chi connectivity index (χ0n) is 11.9. The topological polar surface area (TPSA) is 71.4 Å². The van der Waals surface area contributed by atoms with Crippen molar-refractivity contribution in [2.75, 3.05) is 19.5 Å². The Labute approximate surface area is 123 Å². The van der Waals surface area contributed by atoms with Crippen LogP contribution >= 0.6 is 11.6 Å². The van der Waals surface area contributed by atoms with Crippen LogP contribution in [0.3, 0.4) is 0 Å². The van der Waals surface area contributed by atoms with E-state index in [9.17, 15) is 4.79 Å². The van der Waals surface area contributed by atoms with Gasteiger partial charge in [0.05, 0.1) is 31.0 Å². The fourth-order valence-electron chi connectivity index (χ4n) is 1.51. The molecule has 0 aliphatic carbocycles. The summed E-state index contributed by atoms with van der Waals surface area (Å²) < 4.78 is 10.3. The first-order valence-corrected chi connectivity index (χ1v) is 6.43. The largest absolute Gasteiger partial charge is 0.495 e. The van der Waals surface area contributed by atoms with Crippen molar-refractivity contribution < 1.29 is 14.3 Å². The van der Waals surface area contributed by atoms with Crippen molar-refractivity contribution in [3.8, 4) is 17.6 Å². The van der Waals surface area contributed by atoms with Gasteiger partial charge in [0.25, 0.3) is 0 Å². The van der Waals surface area contributed by atoms with Crippen molar-refractivity contribution in [2.24, 2.45) is 5.41 Å². The van der Waals surface area contributed by atoms with E-state index in [2.05, 4.69) is 5.32 Å². The van der Waals surface area contributed by atoms with Crippen LogP contribution in [0.15, 0.2) is 12.1 Å². The second kappa shape index (κ2) is 6.49. The number of benzene rings is 1. The second-order valence-electron chi connectivity index (χ2n) is 4.44. The highest BCUT2D eigenvalue weighted by Crippen LogP contribution is 2.36. The highest BCUT2D eigenvalue weighted by atomic mass is 35.5. The molecular formula is C14H17ClN2O3. The second-order valence-corrected chi connectivity index (χ2v) is 4.85. The lowest BCUT2D eigenvalue weighted by atomic mass is 9.88. The zero-order chi connectivity index (χ0) is 15.3. The molecule has 1 unspecified atom stereocenters. The SMILES string of the molecule is CCC(C)(C#N)C(=O)Nc1cc(Cl)c(OC)cc1OC. The molecule has 5 nitrogen and oxygen atoms in total. The fraction of sp³-hybridized carbons (Fsp3) is 0.429. The number of anilines is 1. The molecule has 0 spiro atoms. The summed E-state index contributed by atoms with van der Waals surface area (Å²) in [7, 11) is 2.96. The highest BCUT2D eigenvalue weighted by Gasteiger charge is 2.32. The molecule has 0 heterocycles. The minimum Gasteiger partial charge on any atom is -0.495 e. The summed E-state index contributed by atoms with van der Waals surface area (Å²) >= 11 is 6.03. The van der Waals surface area contributed by atoms with E-state index in [4.69, 9.17) is 26.3 Å². The first-order chi connectivity index (χ1) is 9.41. The minimum absolute atomic E-state index is 0.346. The Morgan fingerprint density at radius 2 is 2.00 bits per heavy atom. The Bertz CT molecular complexity index is 554. The molecule has 0 fully saturated rings. The molecule has 0 radical (unpaired) electrons. The number of hydrogen-bond acceptors (Lipinski definition) is 4. The van der Waals surface area contributed by atoms with Gasteiger partial charge in [-0.1, -0.05) is 18.5 Å². The standard InChI is InChI=1S/C14H17ClN2O3/c1-5-14(2,8-16)13(18)17-10-6-9(15)11(19-3)7-12(10)20-4/h6-7H,5H2,1-4H3,(H,17,18). The van der Waals surface area contributed by atoms with E-state index in [1.807, 2.05) is 6.07 Å². The van der Waals surface area contributed by atoms with E-state index in [0.29, 0.717) is 28.6 Å². The van der Waals surface area contributed by atoms with Gasteiger partial charge in [-0.3, -0.25) is 4.79 Å². The maximum atomic E-state index is 12.2. The lowest BCUT2D eigenvalue weighted by molar-refractivity contribution is -0.122. The maximum Gasteiger partial charge on any atom is 0.244 e. The predicted octanol–water partition coefficient (Wildman–Crippen LogP) is 3.24. The van der Waals surface area contributed by atoms with Crippen molar-refractivity contribution in [3.05, 3.63) is 17.2 Å². The molecule has 20 heavy (non-hydrogen) atoms. The van der Waals surface area contributed by atoms with Crippen LogP contribution in [-0.2, 0) is 4.79 Å². The molecule has 0 bridgehead atoms. The number of nitriles is 1. The van der Waals surface area contributed by atoms with Gasteiger partial charge in [0.1, 0.15) is 16.9 Å². The molecule has 1 N–H and O–H groups in total. The van der Waals surface area contributed by atoms with Gasteiger partial charge < -0.3 is 14.8 Å². The van der Waals surface area contributed by atoms with Gasteiger partial charge >= 0.3 is 0 Å². The van der Waals surface area contributed by atoms with Gasteiger partial charge in [0.15, 0.2) is 0 Å². The van der Waals surface area contributed by atoms with E-state index >= 15 is 0 Å². The van der Waals surface area contributed by atoms with Gasteiger partial charge in [-0.2, -0.15) is 5.26 Å². The normalized spacial score (nSPS) is 13.0. The molecule has 0 saturated carbocycles. The van der Waals surface area contributed by atoms with E-state index in [1.165, 1.54) is 20.3 Å². The molecule has 0 aliphatic rings. The summed E-state index contributed by atoms with van der Waals surface area (Å²) in [6.45, 7) is 3.36. The van der Waals surface area contributed by atoms with Crippen molar-refractivity contribution >= 4 is 23.2 Å². The zero-order valence-corrected chi connectivity index (χ0v) is 12.7. The molecule has 1 amide bonds. The molecule has 1 aromatic rings. The van der Waals surface area contributed by atoms with E-state index in [0.717, 1.165) is 0 Å². The van der Waals surface area contributed by atoms with E-state index < -0.39 is 11.3 Å². The Balaban J connectivity index is 3.13. The number of halogens is 1. The molecular weight excluding hydrogens is 280 g/mol. The lowest BCUT2D eigenvalue weighted by Gasteiger charge is -2.20. The Hall–Kier alpha value is -1.93. The van der Waals surface area contributed by atoms with E-state index in [1.54, 1.807) is 19.9 Å². The monoisotopic (exact) mass is 296 g/mol. The Morgan fingerprint density at radius 1 is 1.40 bits per heavy atom. The average Bonchev–Trinajstić information content (AvgIpc) is 2.46. The van der Waals surface area contributed by atoms with E-state index in [-0.39, 0.29) is 0 Å². The molecule has 0 aromatic heterocycles. The smallest absolute Gasteiger partial charge is 0.244 e. The number of methoxy groups -OCH3 is 2. The van der Waals surface area contributed by atoms with Gasteiger partial charge in [-0.15, -0.1) is 0 Å². The van der Waals surface area contributed by atoms with Crippen LogP contribution in [-0.4, -0.2) is 20.1 Å². The molecule has 0 aliphatic heterocycles. The van der Waals surface area contributed by atoms with Crippen LogP contribution in [0.2, 0.25) is 5.02 Å². The summed E-state index contributed by atoms with van der Waals surface area (Å²) in [4.78, 5) is 12.2. The van der Waals surface area contributed by atoms with Gasteiger partial charge in [0.2, 0.25) is 5.91 Å². The number of carbonyl (C=O) groups excluding carboxylic acids is 1. The Morgan fingerprint density at radius 3 is 2.45 bits per heavy atom. The summed E-state index contributed by atoms with van der Waals surface area (Å²) in [5.41, 5.74) is -0.699. The van der Waals surface area contributed by atoms with Crippen LogP contribution in [0.1, 0.15) is 20.3 Å². The Kier molecular flexibility index (Phi) is 5.23. The third-order valence-corrected chi connectivity index (χ3v) is 3.47. The fourth-order valence-corrected chi connectivity index (χ4v) is 1.75. The lowest BCUT2D eigenvalue weighted by Crippen LogP contribution is -2.31. The first kappa shape index (κ1) is 16.1. The highest BCUT2D eigenvalue weighted by molar-refractivity contribution is 6.32. The number of hydrogen-bond donors (Lipinski definition) is 1. The van der Waals surface area contributed by atoms with Crippen LogP contribution in [0.25, 0.3) is 0 Å². The molecule has 1 atom stereocenters. The third kappa shape index (κ3) is 3.14.